The van der Waals surface area contributed by atoms with Crippen LogP contribution in [-0.2, 0) is 22.6 Å². The first-order valence-corrected chi connectivity index (χ1v) is 16.6. The third kappa shape index (κ3) is 7.56. The summed E-state index contributed by atoms with van der Waals surface area (Å²) in [6, 6.07) is 11.6. The van der Waals surface area contributed by atoms with Gasteiger partial charge < -0.3 is 30.0 Å². The maximum absolute atomic E-state index is 15.7. The first kappa shape index (κ1) is 33.8. The van der Waals surface area contributed by atoms with Gasteiger partial charge in [-0.3, -0.25) is 19.1 Å². The number of hydrogen-bond donors (Lipinski definition) is 2. The summed E-state index contributed by atoms with van der Waals surface area (Å²) < 4.78 is 43.7. The first-order chi connectivity index (χ1) is 24.7. The van der Waals surface area contributed by atoms with E-state index in [-0.39, 0.29) is 40.8 Å². The molecule has 0 unspecified atom stereocenters. The number of nitrogens with one attached hydrogen (secondary N) is 1. The molecule has 2 fully saturated rings. The number of nitrogen functional groups attached to an aromatic ring is 1. The Bertz CT molecular complexity index is 2140. The van der Waals surface area contributed by atoms with Gasteiger partial charge in [-0.25, -0.2) is 13.8 Å². The van der Waals surface area contributed by atoms with Crippen LogP contribution in [0.1, 0.15) is 39.1 Å². The molecule has 3 aromatic heterocycles. The number of hydrogen-bond acceptors (Lipinski definition) is 8. The van der Waals surface area contributed by atoms with Gasteiger partial charge in [-0.1, -0.05) is 12.1 Å². The van der Waals surface area contributed by atoms with Crippen LogP contribution in [0.25, 0.3) is 22.3 Å². The highest BCUT2D eigenvalue weighted by atomic mass is 19.1. The summed E-state index contributed by atoms with van der Waals surface area (Å²) in [5.41, 5.74) is 7.69. The third-order valence-corrected chi connectivity index (χ3v) is 8.90. The van der Waals surface area contributed by atoms with Crippen molar-refractivity contribution in [1.29, 1.82) is 0 Å². The van der Waals surface area contributed by atoms with E-state index < -0.39 is 28.9 Å². The second kappa shape index (κ2) is 14.6. The van der Waals surface area contributed by atoms with Crippen molar-refractivity contribution in [2.75, 3.05) is 44.0 Å². The maximum Gasteiger partial charge on any atom is 0.261 e. The molecule has 2 amide bonds. The molecule has 0 spiro atoms. The normalized spacial score (nSPS) is 16.0. The summed E-state index contributed by atoms with van der Waals surface area (Å²) in [4.78, 5) is 46.3. The van der Waals surface area contributed by atoms with Gasteiger partial charge in [0.1, 0.15) is 34.7 Å². The van der Waals surface area contributed by atoms with Crippen LogP contribution in [0.2, 0.25) is 0 Å². The summed E-state index contributed by atoms with van der Waals surface area (Å²) in [7, 11) is 0. The van der Waals surface area contributed by atoms with Crippen LogP contribution < -0.4 is 16.5 Å². The smallest absolute Gasteiger partial charge is 0.261 e. The molecule has 3 N–H and O–H groups in total. The highest BCUT2D eigenvalue weighted by Crippen LogP contribution is 2.32. The summed E-state index contributed by atoms with van der Waals surface area (Å²) in [6.45, 7) is 3.29. The van der Waals surface area contributed by atoms with Crippen molar-refractivity contribution in [3.8, 4) is 22.3 Å². The number of nitrogens with two attached hydrogens (primary N) is 1. The molecule has 2 aliphatic heterocycles. The molecule has 14 heteroatoms. The van der Waals surface area contributed by atoms with E-state index in [1.807, 2.05) is 6.20 Å². The largest absolute Gasteiger partial charge is 0.383 e. The quantitative estimate of drug-likeness (QED) is 0.228. The highest BCUT2D eigenvalue weighted by Gasteiger charge is 2.26. The molecule has 262 valence electrons. The summed E-state index contributed by atoms with van der Waals surface area (Å²) >= 11 is 0. The zero-order chi connectivity index (χ0) is 35.5. The van der Waals surface area contributed by atoms with Gasteiger partial charge in [-0.15, -0.1) is 0 Å². The molecular formula is C37H35F2N7O5. The molecular weight excluding hydrogens is 660 g/mol. The minimum Gasteiger partial charge on any atom is -0.383 e. The van der Waals surface area contributed by atoms with Crippen LogP contribution in [-0.4, -0.2) is 75.1 Å². The van der Waals surface area contributed by atoms with E-state index in [2.05, 4.69) is 15.4 Å². The molecule has 5 heterocycles. The topological polar surface area (TPSA) is 147 Å². The van der Waals surface area contributed by atoms with E-state index in [0.717, 1.165) is 24.5 Å². The number of carbonyl (C=O) groups is 2. The van der Waals surface area contributed by atoms with Gasteiger partial charge in [-0.2, -0.15) is 5.10 Å². The minimum atomic E-state index is -0.818. The molecule has 51 heavy (non-hydrogen) atoms. The Morgan fingerprint density at radius 2 is 1.71 bits per heavy atom. The second-order valence-electron chi connectivity index (χ2n) is 12.5. The van der Waals surface area contributed by atoms with E-state index in [1.54, 1.807) is 44.7 Å². The fourth-order valence-electron chi connectivity index (χ4n) is 6.25. The molecule has 2 aromatic carbocycles. The van der Waals surface area contributed by atoms with Gasteiger partial charge in [0.05, 0.1) is 32.6 Å². The standard InChI is InChI=1S/C37H35F2N7O5/c38-26-5-3-23(4-6-26)17-44-20-31(34(47)32(21-44)37(49)45-9-1-2-10-45)36(48)43-27-7-8-29(33(39)14-27)30-13-24(15-41-35(30)40)25-16-42-46(18-25)19-28-22-50-11-12-51-28/h3-8,13-16,18,20-21,28H,1-2,9-12,17,19,22H2,(H2,40,41)(H,43,48)/t28-/m0/s1. The van der Waals surface area contributed by atoms with Gasteiger partial charge in [0.15, 0.2) is 0 Å². The van der Waals surface area contributed by atoms with E-state index in [0.29, 0.717) is 56.1 Å². The Morgan fingerprint density at radius 3 is 2.45 bits per heavy atom. The van der Waals surface area contributed by atoms with Crippen molar-refractivity contribution in [2.24, 2.45) is 0 Å². The third-order valence-electron chi connectivity index (χ3n) is 8.90. The number of aromatic nitrogens is 4. The number of rotatable bonds is 9. The predicted octanol–water partition coefficient (Wildman–Crippen LogP) is 4.59. The van der Waals surface area contributed by atoms with E-state index >= 15 is 4.39 Å². The molecule has 0 saturated carbocycles. The fourth-order valence-corrected chi connectivity index (χ4v) is 6.25. The Morgan fingerprint density at radius 1 is 0.922 bits per heavy atom. The molecule has 1 atom stereocenters. The monoisotopic (exact) mass is 695 g/mol. The average molecular weight is 696 g/mol. The van der Waals surface area contributed by atoms with Gasteiger partial charge in [0, 0.05) is 72.4 Å². The van der Waals surface area contributed by atoms with Crippen molar-refractivity contribution in [3.63, 3.8) is 0 Å². The van der Waals surface area contributed by atoms with Crippen LogP contribution in [0.3, 0.4) is 0 Å². The van der Waals surface area contributed by atoms with Crippen LogP contribution in [0.15, 0.2) is 84.3 Å². The minimum absolute atomic E-state index is 0.0832. The van der Waals surface area contributed by atoms with Crippen LogP contribution in [0.4, 0.5) is 20.3 Å². The molecule has 0 aliphatic carbocycles. The van der Waals surface area contributed by atoms with Crippen molar-refractivity contribution in [3.05, 3.63) is 118 Å². The zero-order valence-corrected chi connectivity index (χ0v) is 27.6. The van der Waals surface area contributed by atoms with Gasteiger partial charge in [0.2, 0.25) is 5.43 Å². The van der Waals surface area contributed by atoms with Crippen LogP contribution >= 0.6 is 0 Å². The number of halogens is 2. The van der Waals surface area contributed by atoms with Gasteiger partial charge in [-0.05, 0) is 54.8 Å². The van der Waals surface area contributed by atoms with Crippen molar-refractivity contribution in [2.45, 2.75) is 32.0 Å². The lowest BCUT2D eigenvalue weighted by Gasteiger charge is -2.22. The average Bonchev–Trinajstić information content (AvgIpc) is 3.84. The molecule has 0 radical (unpaired) electrons. The summed E-state index contributed by atoms with van der Waals surface area (Å²) in [5, 5.41) is 7.01. The molecule has 5 aromatic rings. The SMILES string of the molecule is Nc1ncc(-c2cnn(C[C@H]3COCCO3)c2)cc1-c1ccc(NC(=O)c2cn(Cc3ccc(F)cc3)cc(C(=O)N3CCCC3)c2=O)cc1F. The van der Waals surface area contributed by atoms with E-state index in [9.17, 15) is 18.8 Å². The number of likely N-dealkylation sites (tertiary alicyclic amines) is 1. The molecule has 2 aliphatic rings. The second-order valence-corrected chi connectivity index (χ2v) is 12.5. The van der Waals surface area contributed by atoms with Gasteiger partial charge in [0.25, 0.3) is 11.8 Å². The summed E-state index contributed by atoms with van der Waals surface area (Å²) in [5.74, 6) is -2.27. The van der Waals surface area contributed by atoms with Crippen LogP contribution in [0.5, 0.6) is 0 Å². The number of pyridine rings is 2. The number of amides is 2. The zero-order valence-electron chi connectivity index (χ0n) is 27.6. The maximum atomic E-state index is 15.7. The predicted molar refractivity (Wildman–Crippen MR) is 185 cm³/mol. The number of carbonyl (C=O) groups excluding carboxylic acids is 2. The molecule has 2 saturated heterocycles. The number of benzene rings is 2. The summed E-state index contributed by atoms with van der Waals surface area (Å²) in [6.07, 6.45) is 9.38. The van der Waals surface area contributed by atoms with Crippen LogP contribution in [0, 0.1) is 11.6 Å². The van der Waals surface area contributed by atoms with Crippen molar-refractivity contribution >= 4 is 23.3 Å². The van der Waals surface area contributed by atoms with Gasteiger partial charge >= 0.3 is 0 Å². The van der Waals surface area contributed by atoms with Crippen molar-refractivity contribution < 1.29 is 27.8 Å². The van der Waals surface area contributed by atoms with E-state index in [1.165, 1.54) is 36.7 Å². The first-order valence-electron chi connectivity index (χ1n) is 16.6. The lowest BCUT2D eigenvalue weighted by Crippen LogP contribution is -2.35. The number of anilines is 2. The molecule has 0 bridgehead atoms. The molecule has 12 nitrogen and oxygen atoms in total. The Hall–Kier alpha value is -5.73. The lowest BCUT2D eigenvalue weighted by atomic mass is 10.0. The Labute approximate surface area is 291 Å². The number of ether oxygens (including phenoxy) is 2. The Kier molecular flexibility index (Phi) is 9.68. The molecule has 7 rings (SSSR count). The Balaban J connectivity index is 1.13. The van der Waals surface area contributed by atoms with E-state index in [4.69, 9.17) is 15.2 Å². The highest BCUT2D eigenvalue weighted by molar-refractivity contribution is 6.06. The fraction of sp³-hybridized carbons (Fsp3) is 0.270. The lowest BCUT2D eigenvalue weighted by molar-refractivity contribution is -0.0946. The van der Waals surface area contributed by atoms with Crippen molar-refractivity contribution in [1.82, 2.24) is 24.2 Å². The number of nitrogens with zero attached hydrogens (tertiary/aromatic N) is 5.